The van der Waals surface area contributed by atoms with Gasteiger partial charge in [-0.25, -0.2) is 0 Å². The van der Waals surface area contributed by atoms with Gasteiger partial charge in [0.25, 0.3) is 5.91 Å². The first kappa shape index (κ1) is 40.8. The van der Waals surface area contributed by atoms with Gasteiger partial charge in [0.2, 0.25) is 41.3 Å². The van der Waals surface area contributed by atoms with E-state index in [2.05, 4.69) is 25.8 Å². The highest BCUT2D eigenvalue weighted by Crippen LogP contribution is 2.24. The summed E-state index contributed by atoms with van der Waals surface area (Å²) in [6.45, 7) is 6.41. The number of para-hydroxylation sites is 1. The molecular weight excluding hydrogens is 688 g/mol. The number of ether oxygens (including phenoxy) is 1. The smallest absolute Gasteiger partial charge is 0.255 e. The number of carbonyl (C=O) groups is 4. The van der Waals surface area contributed by atoms with Crippen LogP contribution >= 0.6 is 0 Å². The fourth-order valence-corrected chi connectivity index (χ4v) is 6.21. The molecule has 0 saturated carbocycles. The number of halogens is 2. The molecule has 53 heavy (non-hydrogen) atoms. The van der Waals surface area contributed by atoms with E-state index in [0.717, 1.165) is 44.6 Å². The molecule has 2 bridgehead atoms. The van der Waals surface area contributed by atoms with Crippen molar-refractivity contribution in [1.82, 2.24) is 35.6 Å². The molecule has 288 valence electrons. The lowest BCUT2D eigenvalue weighted by molar-refractivity contribution is -0.145. The molecule has 1 saturated heterocycles. The van der Waals surface area contributed by atoms with Crippen molar-refractivity contribution in [2.24, 2.45) is 5.92 Å². The molecule has 2 N–H and O–H groups in total. The highest BCUT2D eigenvalue weighted by Gasteiger charge is 2.39. The zero-order valence-corrected chi connectivity index (χ0v) is 31.0. The van der Waals surface area contributed by atoms with Crippen LogP contribution in [0.5, 0.6) is 5.75 Å². The monoisotopic (exact) mass is 739 g/mol. The van der Waals surface area contributed by atoms with Gasteiger partial charge in [0.1, 0.15) is 17.8 Å². The number of carbonyl (C=O) groups excluding carboxylic acids is 4. The quantitative estimate of drug-likeness (QED) is 0.348. The van der Waals surface area contributed by atoms with Crippen LogP contribution in [0.3, 0.4) is 0 Å². The van der Waals surface area contributed by atoms with Crippen LogP contribution in [0.25, 0.3) is 0 Å². The Kier molecular flexibility index (Phi) is 15.7. The van der Waals surface area contributed by atoms with Gasteiger partial charge in [-0.3, -0.25) is 19.2 Å². The summed E-state index contributed by atoms with van der Waals surface area (Å²) in [5.74, 6) is -1.39. The molecule has 5 rings (SSSR count). The summed E-state index contributed by atoms with van der Waals surface area (Å²) < 4.78 is 35.6. The minimum atomic E-state index is -0.837. The summed E-state index contributed by atoms with van der Waals surface area (Å²) in [6, 6.07) is 7.77. The number of nitrogens with one attached hydrogen (secondary N) is 2. The number of hydrogen-bond donors (Lipinski definition) is 2. The number of amides is 4. The van der Waals surface area contributed by atoms with Gasteiger partial charge in [0, 0.05) is 32.1 Å². The van der Waals surface area contributed by atoms with E-state index in [1.165, 1.54) is 17.9 Å². The van der Waals surface area contributed by atoms with Crippen LogP contribution in [0.15, 0.2) is 40.9 Å². The number of aromatic nitrogens is 3. The summed E-state index contributed by atoms with van der Waals surface area (Å²) in [5.41, 5.74) is 0.635. The van der Waals surface area contributed by atoms with E-state index in [4.69, 9.17) is 9.26 Å². The molecule has 4 heterocycles. The highest BCUT2D eigenvalue weighted by molar-refractivity contribution is 6.00. The molecule has 0 spiro atoms. The van der Waals surface area contributed by atoms with Gasteiger partial charge in [-0.15, -0.1) is 0 Å². The van der Waals surface area contributed by atoms with Crippen molar-refractivity contribution in [3.05, 3.63) is 71.1 Å². The van der Waals surface area contributed by atoms with E-state index in [1.54, 1.807) is 36.2 Å². The first-order chi connectivity index (χ1) is 25.4. The molecular formula is C38H51F2N7O6. The van der Waals surface area contributed by atoms with Crippen LogP contribution in [-0.4, -0.2) is 87.3 Å². The third kappa shape index (κ3) is 12.6. The van der Waals surface area contributed by atoms with Crippen molar-refractivity contribution in [2.75, 3.05) is 26.7 Å². The zero-order valence-electron chi connectivity index (χ0n) is 31.0. The summed E-state index contributed by atoms with van der Waals surface area (Å²) in [4.78, 5) is 63.7. The van der Waals surface area contributed by atoms with Crippen molar-refractivity contribution in [3.8, 4) is 5.75 Å². The van der Waals surface area contributed by atoms with Gasteiger partial charge < -0.3 is 29.7 Å². The number of hydrogen-bond acceptors (Lipinski definition) is 9. The molecule has 3 aromatic rings. The second-order valence-electron chi connectivity index (χ2n) is 13.9. The van der Waals surface area contributed by atoms with Gasteiger partial charge >= 0.3 is 0 Å². The molecule has 2 atom stereocenters. The van der Waals surface area contributed by atoms with E-state index in [-0.39, 0.29) is 42.4 Å². The Balaban J connectivity index is 0.000000608. The fourth-order valence-electron chi connectivity index (χ4n) is 6.21. The predicted molar refractivity (Wildman–Crippen MR) is 191 cm³/mol. The van der Waals surface area contributed by atoms with Crippen molar-refractivity contribution in [3.63, 3.8) is 0 Å². The van der Waals surface area contributed by atoms with Gasteiger partial charge in [-0.2, -0.15) is 18.7 Å². The Bertz CT molecular complexity index is 1690. The normalized spacial score (nSPS) is 20.1. The fraction of sp³-hybridized carbons (Fsp3) is 0.553. The Hall–Kier alpha value is -4.95. The third-order valence-corrected chi connectivity index (χ3v) is 9.03. The molecule has 2 unspecified atom stereocenters. The number of nitrogens with zero attached hydrogens (tertiary/aromatic N) is 5. The van der Waals surface area contributed by atoms with Crippen LogP contribution in [0.2, 0.25) is 0 Å². The van der Waals surface area contributed by atoms with Crippen molar-refractivity contribution >= 4 is 23.6 Å². The van der Waals surface area contributed by atoms with Gasteiger partial charge in [0.05, 0.1) is 12.1 Å². The van der Waals surface area contributed by atoms with Gasteiger partial charge in [-0.05, 0) is 63.1 Å². The summed E-state index contributed by atoms with van der Waals surface area (Å²) in [7, 11) is 1.59. The molecule has 1 aromatic carbocycles. The lowest BCUT2D eigenvalue weighted by Gasteiger charge is -2.31. The van der Waals surface area contributed by atoms with Crippen LogP contribution in [0.1, 0.15) is 99.3 Å². The minimum Gasteiger partial charge on any atom is -0.485 e. The second kappa shape index (κ2) is 20.3. The largest absolute Gasteiger partial charge is 0.485 e. The third-order valence-electron chi connectivity index (χ3n) is 9.03. The molecule has 1 fully saturated rings. The maximum absolute atomic E-state index is 13.9. The molecule has 4 amide bonds. The first-order valence-electron chi connectivity index (χ1n) is 18.4. The molecule has 15 heteroatoms. The lowest BCUT2D eigenvalue weighted by atomic mass is 10.0. The number of rotatable bonds is 2. The number of pyridine rings is 1. The van der Waals surface area contributed by atoms with Crippen molar-refractivity contribution < 1.29 is 37.2 Å². The Labute approximate surface area is 309 Å². The predicted octanol–water partition coefficient (Wildman–Crippen LogP) is 4.92. The van der Waals surface area contributed by atoms with E-state index in [1.807, 2.05) is 13.8 Å². The van der Waals surface area contributed by atoms with E-state index < -0.39 is 29.9 Å². The van der Waals surface area contributed by atoms with E-state index >= 15 is 0 Å². The maximum atomic E-state index is 13.9. The highest BCUT2D eigenvalue weighted by atomic mass is 19.1. The SMILES string of the molecule is CC(C)CC1NC(=O)c2ccccc2OCc2noc(n2)CCCCCCCCNC(=O)CN(C)C(=O)C2CCCN2C1=O.Cc1ccc(F)nc1F. The Morgan fingerprint density at radius 2 is 1.66 bits per heavy atom. The van der Waals surface area contributed by atoms with Crippen LogP contribution in [0, 0.1) is 24.7 Å². The molecule has 2 aliphatic rings. The maximum Gasteiger partial charge on any atom is 0.255 e. The van der Waals surface area contributed by atoms with E-state index in [9.17, 15) is 28.0 Å². The number of likely N-dealkylation sites (N-methyl/N-ethyl adjacent to an activating group) is 1. The Morgan fingerprint density at radius 3 is 2.40 bits per heavy atom. The van der Waals surface area contributed by atoms with Crippen LogP contribution < -0.4 is 15.4 Å². The minimum absolute atomic E-state index is 0.0315. The average Bonchev–Trinajstić information content (AvgIpc) is 3.81. The number of fused-ring (bicyclic) bond motifs is 4. The van der Waals surface area contributed by atoms with Crippen LogP contribution in [0.4, 0.5) is 8.78 Å². The van der Waals surface area contributed by atoms with Gasteiger partial charge in [0.15, 0.2) is 6.61 Å². The molecule has 13 nitrogen and oxygen atoms in total. The number of aryl methyl sites for hydroxylation is 2. The summed E-state index contributed by atoms with van der Waals surface area (Å²) >= 11 is 0. The summed E-state index contributed by atoms with van der Waals surface area (Å²) in [6.07, 6.45) is 8.22. The molecule has 2 aromatic heterocycles. The second-order valence-corrected chi connectivity index (χ2v) is 13.9. The van der Waals surface area contributed by atoms with Crippen LogP contribution in [-0.2, 0) is 27.4 Å². The topological polar surface area (TPSA) is 160 Å². The van der Waals surface area contributed by atoms with Crippen molar-refractivity contribution in [2.45, 2.75) is 104 Å². The first-order valence-corrected chi connectivity index (χ1v) is 18.4. The van der Waals surface area contributed by atoms with Gasteiger partial charge in [-0.1, -0.05) is 62.9 Å². The lowest BCUT2D eigenvalue weighted by Crippen LogP contribution is -2.54. The molecule has 0 radical (unpaired) electrons. The molecule has 2 aliphatic heterocycles. The standard InChI is InChI=1S/C32H46N6O6.C6H5F2N/c1-22(2)19-24-31(41)38-18-12-14-25(38)32(42)37(3)20-28(39)33-17-11-7-5-4-6-8-16-29-35-27(36-44-29)21-43-26-15-10-9-13-23(26)30(40)34-24;1-4-2-3-5(7)9-6(4)8/h9-10,13,15,22,24-25H,4-8,11-12,14,16-21H2,1-3H3,(H,33,39)(H,34,40);2-3H,1H3. The summed E-state index contributed by atoms with van der Waals surface area (Å²) in [5, 5.41) is 9.84. The number of benzene rings is 1. The van der Waals surface area contributed by atoms with Crippen molar-refractivity contribution in [1.29, 1.82) is 0 Å². The van der Waals surface area contributed by atoms with E-state index in [0.29, 0.717) is 61.8 Å². The Morgan fingerprint density at radius 1 is 0.925 bits per heavy atom. The molecule has 0 aliphatic carbocycles. The zero-order chi connectivity index (χ0) is 38.3. The average molecular weight is 740 g/mol.